The number of hydrogen-bond acceptors (Lipinski definition) is 1. The Labute approximate surface area is 148 Å². The van der Waals surface area contributed by atoms with E-state index in [4.69, 9.17) is 0 Å². The summed E-state index contributed by atoms with van der Waals surface area (Å²) in [5.41, 5.74) is 3.02. The first-order chi connectivity index (χ1) is 7.63. The zero-order chi connectivity index (χ0) is 12.4. The molecule has 1 aliphatic carbocycles. The minimum atomic E-state index is 0. The van der Waals surface area contributed by atoms with Gasteiger partial charge in [-0.2, -0.15) is 12.5 Å². The van der Waals surface area contributed by atoms with Crippen molar-refractivity contribution >= 4 is 24.8 Å². The van der Waals surface area contributed by atoms with Gasteiger partial charge in [0.2, 0.25) is 0 Å². The Hall–Kier alpha value is 0.734. The first-order valence-corrected chi connectivity index (χ1v) is 6.39. The average molecular weight is 342 g/mol. The fourth-order valence-electron chi connectivity index (χ4n) is 1.49. The van der Waals surface area contributed by atoms with Crippen molar-refractivity contribution in [2.24, 2.45) is 0 Å². The Bertz CT molecular complexity index is 238. The van der Waals surface area contributed by atoms with Crippen LogP contribution in [0.2, 0.25) is 0 Å². The van der Waals surface area contributed by atoms with Crippen LogP contribution >= 0.6 is 24.8 Å². The van der Waals surface area contributed by atoms with Gasteiger partial charge in [-0.15, -0.1) is 31.2 Å². The quantitative estimate of drug-likeness (QED) is 0.489. The summed E-state index contributed by atoms with van der Waals surface area (Å²) in [6.45, 7) is 8.46. The molecular weight excluding hydrogens is 313 g/mol. The predicted octanol–water partition coefficient (Wildman–Crippen LogP) is 5.22. The molecule has 1 nitrogen and oxygen atoms in total. The van der Waals surface area contributed by atoms with E-state index in [1.165, 1.54) is 31.3 Å². The minimum Gasteiger partial charge on any atom is -0.462 e. The molecule has 0 aromatic heterocycles. The molecule has 0 saturated heterocycles. The summed E-state index contributed by atoms with van der Waals surface area (Å²) in [7, 11) is 4.00. The van der Waals surface area contributed by atoms with E-state index in [0.717, 1.165) is 6.42 Å². The predicted molar refractivity (Wildman–Crippen MR) is 87.4 cm³/mol. The van der Waals surface area contributed by atoms with Gasteiger partial charge in [-0.1, -0.05) is 33.1 Å². The molecule has 0 spiro atoms. The second kappa shape index (κ2) is 18.7. The molecule has 0 radical (unpaired) electrons. The van der Waals surface area contributed by atoms with E-state index in [1.54, 1.807) is 5.57 Å². The van der Waals surface area contributed by atoms with Gasteiger partial charge in [0.1, 0.15) is 0 Å². The molecule has 0 atom stereocenters. The Balaban J connectivity index is -0.000000125. The van der Waals surface area contributed by atoms with Crippen molar-refractivity contribution in [2.75, 3.05) is 14.1 Å². The van der Waals surface area contributed by atoms with Gasteiger partial charge in [-0.25, -0.2) is 11.6 Å². The maximum atomic E-state index is 3.42. The zero-order valence-corrected chi connectivity index (χ0v) is 16.1. The maximum Gasteiger partial charge on any atom is 2.00 e. The Morgan fingerprint density at radius 3 is 2.00 bits per heavy atom. The molecule has 0 aromatic rings. The molecule has 0 unspecified atom stereocenters. The van der Waals surface area contributed by atoms with Crippen LogP contribution in [-0.2, 0) is 21.7 Å². The van der Waals surface area contributed by atoms with Crippen LogP contribution < -0.4 is 0 Å². The minimum absolute atomic E-state index is 0. The van der Waals surface area contributed by atoms with Crippen LogP contribution in [0.1, 0.15) is 52.9 Å². The van der Waals surface area contributed by atoms with Crippen molar-refractivity contribution < 1.29 is 21.7 Å². The third kappa shape index (κ3) is 16.7. The number of nitrogens with zero attached hydrogens (tertiary/aromatic N) is 1. The normalized spacial score (nSPS) is 12.1. The van der Waals surface area contributed by atoms with Crippen molar-refractivity contribution in [3.8, 4) is 0 Å². The number of allylic oxidation sites excluding steroid dienone is 4. The van der Waals surface area contributed by atoms with Crippen molar-refractivity contribution in [1.29, 1.82) is 0 Å². The van der Waals surface area contributed by atoms with E-state index in [0.29, 0.717) is 0 Å². The van der Waals surface area contributed by atoms with E-state index in [9.17, 15) is 0 Å². The fraction of sp³-hybridized carbons (Fsp3) is 0.667. The molecule has 1 rings (SSSR count). The van der Waals surface area contributed by atoms with Crippen LogP contribution in [-0.4, -0.2) is 19.0 Å². The van der Waals surface area contributed by atoms with Gasteiger partial charge in [0.25, 0.3) is 0 Å². The van der Waals surface area contributed by atoms with E-state index in [1.807, 2.05) is 32.5 Å². The molecule has 4 heteroatoms. The molecule has 0 fully saturated rings. The first kappa shape index (κ1) is 28.0. The van der Waals surface area contributed by atoms with Gasteiger partial charge < -0.3 is 4.90 Å². The van der Waals surface area contributed by atoms with Crippen molar-refractivity contribution in [2.45, 2.75) is 52.9 Å². The van der Waals surface area contributed by atoms with Crippen LogP contribution in [0.3, 0.4) is 0 Å². The van der Waals surface area contributed by atoms with Crippen molar-refractivity contribution in [3.05, 3.63) is 29.8 Å². The van der Waals surface area contributed by atoms with Crippen LogP contribution in [0.15, 0.2) is 17.2 Å². The summed E-state index contributed by atoms with van der Waals surface area (Å²) in [4.78, 5) is 2.00. The summed E-state index contributed by atoms with van der Waals surface area (Å²) >= 11 is 0. The third-order valence-electron chi connectivity index (χ3n) is 2.53. The number of rotatable bonds is 5. The number of hydrogen-bond donors (Lipinski definition) is 0. The Kier molecular flexibility index (Phi) is 27.6. The molecule has 19 heavy (non-hydrogen) atoms. The monoisotopic (exact) mass is 341 g/mol. The summed E-state index contributed by atoms with van der Waals surface area (Å²) < 4.78 is 0. The van der Waals surface area contributed by atoms with Gasteiger partial charge in [-0.3, -0.25) is 12.6 Å². The van der Waals surface area contributed by atoms with E-state index in [2.05, 4.69) is 26.0 Å². The molecular formula is C15H29Cl2NTi. The largest absolute Gasteiger partial charge is 2.00 e. The molecule has 0 bridgehead atoms. The fourth-order valence-corrected chi connectivity index (χ4v) is 1.49. The van der Waals surface area contributed by atoms with Gasteiger partial charge in [0, 0.05) is 0 Å². The third-order valence-corrected chi connectivity index (χ3v) is 2.53. The van der Waals surface area contributed by atoms with Gasteiger partial charge in [0.15, 0.2) is 0 Å². The summed E-state index contributed by atoms with van der Waals surface area (Å²) in [5.74, 6) is 0. The van der Waals surface area contributed by atoms with Gasteiger partial charge >= 0.3 is 21.7 Å². The van der Waals surface area contributed by atoms with E-state index in [-0.39, 0.29) is 46.5 Å². The Morgan fingerprint density at radius 2 is 1.63 bits per heavy atom. The average Bonchev–Trinajstić information content (AvgIpc) is 2.68. The molecule has 1 aliphatic rings. The summed E-state index contributed by atoms with van der Waals surface area (Å²) in [6, 6.07) is 0. The van der Waals surface area contributed by atoms with E-state index >= 15 is 0 Å². The summed E-state index contributed by atoms with van der Waals surface area (Å²) in [5, 5.41) is 0. The van der Waals surface area contributed by atoms with Crippen LogP contribution in [0, 0.1) is 12.6 Å². The maximum absolute atomic E-state index is 3.42. The number of halogens is 2. The SMILES string of the molecule is CCCC1=[C-]CC(CCC)=C1.C[CH-]N(C)C.Cl.Cl.[Ti+2]. The van der Waals surface area contributed by atoms with Crippen molar-refractivity contribution in [1.82, 2.24) is 4.90 Å². The second-order valence-electron chi connectivity index (χ2n) is 4.40. The first-order valence-electron chi connectivity index (χ1n) is 6.39. The van der Waals surface area contributed by atoms with Crippen LogP contribution in [0.5, 0.6) is 0 Å². The summed E-state index contributed by atoms with van der Waals surface area (Å²) in [6.07, 6.45) is 11.9. The molecule has 0 aromatic carbocycles. The smallest absolute Gasteiger partial charge is 0.462 e. The zero-order valence-electron chi connectivity index (χ0n) is 13.0. The molecule has 0 aliphatic heterocycles. The van der Waals surface area contributed by atoms with Gasteiger partial charge in [-0.05, 0) is 20.5 Å². The molecule has 0 amide bonds. The Morgan fingerprint density at radius 1 is 1.16 bits per heavy atom. The molecule has 0 heterocycles. The molecule has 0 saturated carbocycles. The standard InChI is InChI=1S/C11H17.C4H10N.2ClH.Ti/c1-3-5-10-7-8-11(9-10)6-4-2;1-4-5(2)3;;;/h9H,3-7H2,1-2H3;4H,1-3H3;2*1H;/q2*-1;;;+2. The second-order valence-corrected chi connectivity index (χ2v) is 4.40. The van der Waals surface area contributed by atoms with Crippen LogP contribution in [0.4, 0.5) is 0 Å². The van der Waals surface area contributed by atoms with Gasteiger partial charge in [0.05, 0.1) is 0 Å². The topological polar surface area (TPSA) is 3.24 Å². The molecule has 0 N–H and O–H groups in total. The van der Waals surface area contributed by atoms with E-state index < -0.39 is 0 Å². The van der Waals surface area contributed by atoms with Crippen molar-refractivity contribution in [3.63, 3.8) is 0 Å². The molecule has 112 valence electrons. The van der Waals surface area contributed by atoms with Crippen LogP contribution in [0.25, 0.3) is 0 Å².